The Kier molecular flexibility index (Phi) is 4.82. The first-order valence-corrected chi connectivity index (χ1v) is 7.21. The lowest BCUT2D eigenvalue weighted by atomic mass is 9.98. The molecule has 23 heavy (non-hydrogen) atoms. The molecule has 0 aliphatic heterocycles. The highest BCUT2D eigenvalue weighted by Crippen LogP contribution is 2.33. The summed E-state index contributed by atoms with van der Waals surface area (Å²) in [5, 5.41) is 9.41. The monoisotopic (exact) mass is 326 g/mol. The average molecular weight is 326 g/mol. The largest absolute Gasteiger partial charge is 0.478 e. The quantitative estimate of drug-likeness (QED) is 0.816. The summed E-state index contributed by atoms with van der Waals surface area (Å²) in [5.74, 6) is -0.412. The van der Waals surface area contributed by atoms with E-state index in [0.29, 0.717) is 29.2 Å². The van der Waals surface area contributed by atoms with Crippen LogP contribution in [0.3, 0.4) is 0 Å². The lowest BCUT2D eigenvalue weighted by molar-refractivity contribution is -0.137. The Hall–Kier alpha value is -2.24. The summed E-state index contributed by atoms with van der Waals surface area (Å²) in [5.41, 5.74) is -0.0769. The highest BCUT2D eigenvalue weighted by atomic mass is 19.4. The number of carboxylic acids is 1. The van der Waals surface area contributed by atoms with E-state index in [4.69, 9.17) is 4.42 Å². The first-order valence-electron chi connectivity index (χ1n) is 7.21. The summed E-state index contributed by atoms with van der Waals surface area (Å²) in [6, 6.07) is 4.38. The summed E-state index contributed by atoms with van der Waals surface area (Å²) in [6.07, 6.45) is -1.89. The van der Waals surface area contributed by atoms with Crippen LogP contribution in [0.1, 0.15) is 41.9 Å². The van der Waals surface area contributed by atoms with Crippen molar-refractivity contribution in [1.29, 1.82) is 0 Å². The summed E-state index contributed by atoms with van der Waals surface area (Å²) in [7, 11) is 0. The van der Waals surface area contributed by atoms with Crippen LogP contribution >= 0.6 is 0 Å². The number of halogens is 3. The molecule has 0 amide bonds. The van der Waals surface area contributed by atoms with Crippen molar-refractivity contribution in [2.75, 3.05) is 0 Å². The molecule has 1 aromatic carbocycles. The molecule has 0 aliphatic carbocycles. The molecule has 0 unspecified atom stereocenters. The molecule has 1 heterocycles. The number of hydrogen-bond donors (Lipinski definition) is 1. The van der Waals surface area contributed by atoms with Gasteiger partial charge in [-0.3, -0.25) is 0 Å². The predicted molar refractivity (Wildman–Crippen MR) is 79.3 cm³/mol. The molecule has 0 saturated heterocycles. The van der Waals surface area contributed by atoms with Gasteiger partial charge in [0, 0.05) is 12.0 Å². The number of benzene rings is 1. The van der Waals surface area contributed by atoms with E-state index in [-0.39, 0.29) is 5.56 Å². The van der Waals surface area contributed by atoms with Crippen LogP contribution in [0.4, 0.5) is 13.2 Å². The lowest BCUT2D eigenvalue weighted by Gasteiger charge is -2.07. The molecule has 0 aliphatic rings. The summed E-state index contributed by atoms with van der Waals surface area (Å²) >= 11 is 0. The van der Waals surface area contributed by atoms with E-state index in [1.807, 2.05) is 13.8 Å². The van der Waals surface area contributed by atoms with Gasteiger partial charge in [-0.25, -0.2) is 4.79 Å². The summed E-state index contributed by atoms with van der Waals surface area (Å²) < 4.78 is 43.1. The first-order chi connectivity index (χ1) is 10.7. The van der Waals surface area contributed by atoms with E-state index in [2.05, 4.69) is 0 Å². The fourth-order valence-electron chi connectivity index (χ4n) is 2.29. The van der Waals surface area contributed by atoms with Gasteiger partial charge in [-0.15, -0.1) is 0 Å². The molecule has 2 rings (SSSR count). The number of aryl methyl sites for hydroxylation is 1. The second kappa shape index (κ2) is 6.48. The Bertz CT molecular complexity index is 682. The maximum absolute atomic E-state index is 12.6. The second-order valence-electron chi connectivity index (χ2n) is 5.76. The smallest absolute Gasteiger partial charge is 0.416 e. The van der Waals surface area contributed by atoms with Crippen molar-refractivity contribution >= 4 is 5.97 Å². The molecule has 6 heteroatoms. The van der Waals surface area contributed by atoms with Crippen LogP contribution in [0.5, 0.6) is 0 Å². The average Bonchev–Trinajstić information content (AvgIpc) is 2.88. The SMILES string of the molecule is CC(C)CCc1occ(-c2ccc(C(F)(F)F)cc2)c1C(=O)O. The van der Waals surface area contributed by atoms with Crippen LogP contribution in [-0.4, -0.2) is 11.1 Å². The van der Waals surface area contributed by atoms with Crippen molar-refractivity contribution in [1.82, 2.24) is 0 Å². The maximum Gasteiger partial charge on any atom is 0.416 e. The summed E-state index contributed by atoms with van der Waals surface area (Å²) in [4.78, 5) is 11.5. The van der Waals surface area contributed by atoms with Crippen molar-refractivity contribution in [3.8, 4) is 11.1 Å². The molecule has 1 aromatic heterocycles. The Morgan fingerprint density at radius 1 is 1.22 bits per heavy atom. The number of hydrogen-bond acceptors (Lipinski definition) is 2. The number of furan rings is 1. The zero-order chi connectivity index (χ0) is 17.2. The predicted octanol–water partition coefficient (Wildman–Crippen LogP) is 5.25. The fraction of sp³-hybridized carbons (Fsp3) is 0.353. The molecule has 3 nitrogen and oxygen atoms in total. The van der Waals surface area contributed by atoms with E-state index in [1.165, 1.54) is 18.4 Å². The standard InChI is InChI=1S/C17H17F3O3/c1-10(2)3-8-14-15(16(21)22)13(9-23-14)11-4-6-12(7-5-11)17(18,19)20/h4-7,9-10H,3,8H2,1-2H3,(H,21,22). The molecule has 0 fully saturated rings. The maximum atomic E-state index is 12.6. The second-order valence-corrected chi connectivity index (χ2v) is 5.76. The molecule has 0 saturated carbocycles. The van der Waals surface area contributed by atoms with Crippen LogP contribution in [0.25, 0.3) is 11.1 Å². The van der Waals surface area contributed by atoms with E-state index in [9.17, 15) is 23.1 Å². The molecule has 2 aromatic rings. The Morgan fingerprint density at radius 3 is 2.30 bits per heavy atom. The minimum absolute atomic E-state index is 0.0189. The lowest BCUT2D eigenvalue weighted by Crippen LogP contribution is -2.05. The normalized spacial score (nSPS) is 11.9. The van der Waals surface area contributed by atoms with Gasteiger partial charge in [0.25, 0.3) is 0 Å². The van der Waals surface area contributed by atoms with Crippen LogP contribution in [0.15, 0.2) is 34.9 Å². The van der Waals surface area contributed by atoms with Crippen molar-refractivity contribution in [3.63, 3.8) is 0 Å². The van der Waals surface area contributed by atoms with Gasteiger partial charge >= 0.3 is 12.1 Å². The molecule has 1 N–H and O–H groups in total. The van der Waals surface area contributed by atoms with E-state index < -0.39 is 17.7 Å². The number of rotatable bonds is 5. The van der Waals surface area contributed by atoms with Gasteiger partial charge in [-0.2, -0.15) is 13.2 Å². The van der Waals surface area contributed by atoms with E-state index >= 15 is 0 Å². The zero-order valence-corrected chi connectivity index (χ0v) is 12.8. The third-order valence-corrected chi connectivity index (χ3v) is 3.55. The van der Waals surface area contributed by atoms with Gasteiger partial charge in [0.05, 0.1) is 11.8 Å². The molecule has 0 atom stereocenters. The van der Waals surface area contributed by atoms with Crippen molar-refractivity contribution in [3.05, 3.63) is 47.4 Å². The van der Waals surface area contributed by atoms with E-state index in [0.717, 1.165) is 18.6 Å². The topological polar surface area (TPSA) is 50.4 Å². The molecule has 0 bridgehead atoms. The zero-order valence-electron chi connectivity index (χ0n) is 12.8. The van der Waals surface area contributed by atoms with Gasteiger partial charge in [-0.05, 0) is 30.0 Å². The molecule has 124 valence electrons. The Labute approximate surface area is 131 Å². The van der Waals surface area contributed by atoms with Crippen molar-refractivity contribution in [2.45, 2.75) is 32.9 Å². The molecular weight excluding hydrogens is 309 g/mol. The van der Waals surface area contributed by atoms with Gasteiger partial charge in [0.1, 0.15) is 11.3 Å². The highest BCUT2D eigenvalue weighted by molar-refractivity contribution is 5.97. The Morgan fingerprint density at radius 2 is 1.83 bits per heavy atom. The van der Waals surface area contributed by atoms with Gasteiger partial charge in [0.15, 0.2) is 0 Å². The van der Waals surface area contributed by atoms with Crippen molar-refractivity contribution in [2.24, 2.45) is 5.92 Å². The van der Waals surface area contributed by atoms with Crippen LogP contribution in [0, 0.1) is 5.92 Å². The third kappa shape index (κ3) is 3.94. The van der Waals surface area contributed by atoms with E-state index in [1.54, 1.807) is 0 Å². The number of alkyl halides is 3. The number of carboxylic acid groups (broad SMARTS) is 1. The van der Waals surface area contributed by atoms with Gasteiger partial charge < -0.3 is 9.52 Å². The molecule has 0 radical (unpaired) electrons. The number of carbonyl (C=O) groups is 1. The highest BCUT2D eigenvalue weighted by Gasteiger charge is 2.30. The molecule has 0 spiro atoms. The minimum Gasteiger partial charge on any atom is -0.478 e. The Balaban J connectivity index is 2.37. The minimum atomic E-state index is -4.42. The molecular formula is C17H17F3O3. The number of aromatic carboxylic acids is 1. The van der Waals surface area contributed by atoms with Crippen LogP contribution in [-0.2, 0) is 12.6 Å². The van der Waals surface area contributed by atoms with Crippen LogP contribution in [0.2, 0.25) is 0 Å². The van der Waals surface area contributed by atoms with Gasteiger partial charge in [0.2, 0.25) is 0 Å². The third-order valence-electron chi connectivity index (χ3n) is 3.55. The van der Waals surface area contributed by atoms with Crippen molar-refractivity contribution < 1.29 is 27.5 Å². The fourth-order valence-corrected chi connectivity index (χ4v) is 2.29. The summed E-state index contributed by atoms with van der Waals surface area (Å²) in [6.45, 7) is 4.03. The van der Waals surface area contributed by atoms with Crippen LogP contribution < -0.4 is 0 Å². The van der Waals surface area contributed by atoms with Gasteiger partial charge in [-0.1, -0.05) is 26.0 Å². The first kappa shape index (κ1) is 17.1.